The summed E-state index contributed by atoms with van der Waals surface area (Å²) in [7, 11) is 0. The van der Waals surface area contributed by atoms with Crippen LogP contribution in [0.2, 0.25) is 0 Å². The second-order valence-corrected chi connectivity index (χ2v) is 4.28. The van der Waals surface area contributed by atoms with Gasteiger partial charge in [-0.25, -0.2) is 0 Å². The van der Waals surface area contributed by atoms with Crippen molar-refractivity contribution >= 4 is 15.9 Å². The molecule has 18 heavy (non-hydrogen) atoms. The largest absolute Gasteiger partial charge is 0.573 e. The Morgan fingerprint density at radius 3 is 2.22 bits per heavy atom. The van der Waals surface area contributed by atoms with Gasteiger partial charge in [-0.05, 0) is 51.3 Å². The second kappa shape index (κ2) is 4.97. The Labute approximate surface area is 110 Å². The van der Waals surface area contributed by atoms with E-state index in [2.05, 4.69) is 25.7 Å². The molecule has 0 bridgehead atoms. The minimum atomic E-state index is -4.69. The Kier molecular flexibility index (Phi) is 3.56. The molecule has 0 radical (unpaired) electrons. The van der Waals surface area contributed by atoms with E-state index >= 15 is 0 Å². The Morgan fingerprint density at radius 1 is 1.00 bits per heavy atom. The molecule has 0 N–H and O–H groups in total. The van der Waals surface area contributed by atoms with E-state index in [0.717, 1.165) is 11.1 Å². The summed E-state index contributed by atoms with van der Waals surface area (Å²) >= 11 is 3.06. The number of rotatable bonds is 2. The van der Waals surface area contributed by atoms with Crippen LogP contribution in [-0.4, -0.2) is 11.3 Å². The summed E-state index contributed by atoms with van der Waals surface area (Å²) in [6.07, 6.45) is -1.46. The first-order valence-corrected chi connectivity index (χ1v) is 5.71. The molecule has 0 unspecified atom stereocenters. The van der Waals surface area contributed by atoms with E-state index < -0.39 is 6.36 Å². The van der Waals surface area contributed by atoms with E-state index in [-0.39, 0.29) is 10.2 Å². The Balaban J connectivity index is 2.31. The van der Waals surface area contributed by atoms with E-state index in [0.29, 0.717) is 0 Å². The lowest BCUT2D eigenvalue weighted by Crippen LogP contribution is -2.17. The molecule has 0 atom stereocenters. The maximum absolute atomic E-state index is 12.1. The smallest absolute Gasteiger partial charge is 0.405 e. The van der Waals surface area contributed by atoms with E-state index in [1.165, 1.54) is 6.07 Å². The van der Waals surface area contributed by atoms with Crippen LogP contribution in [0.25, 0.3) is 11.1 Å². The van der Waals surface area contributed by atoms with E-state index in [4.69, 9.17) is 0 Å². The minimum Gasteiger partial charge on any atom is -0.405 e. The van der Waals surface area contributed by atoms with Crippen molar-refractivity contribution in [2.75, 3.05) is 0 Å². The van der Waals surface area contributed by atoms with Crippen LogP contribution in [0.15, 0.2) is 47.2 Å². The van der Waals surface area contributed by atoms with Crippen LogP contribution in [0.3, 0.4) is 0 Å². The molecule has 1 aromatic heterocycles. The molecule has 0 spiro atoms. The summed E-state index contributed by atoms with van der Waals surface area (Å²) in [5.41, 5.74) is 1.64. The molecule has 2 nitrogen and oxygen atoms in total. The molecule has 0 aliphatic carbocycles. The molecule has 2 aromatic rings. The SMILES string of the molecule is FC(F)(F)Oc1ccc(-c2ccncc2)cc1Br. The molecule has 0 saturated heterocycles. The van der Waals surface area contributed by atoms with E-state index in [9.17, 15) is 13.2 Å². The molecule has 0 aliphatic rings. The summed E-state index contributed by atoms with van der Waals surface area (Å²) in [4.78, 5) is 3.87. The Bertz CT molecular complexity index is 543. The van der Waals surface area contributed by atoms with Gasteiger partial charge in [0, 0.05) is 12.4 Å². The van der Waals surface area contributed by atoms with Crippen molar-refractivity contribution < 1.29 is 17.9 Å². The lowest BCUT2D eigenvalue weighted by atomic mass is 10.1. The van der Waals surface area contributed by atoms with Gasteiger partial charge in [-0.1, -0.05) is 6.07 Å². The summed E-state index contributed by atoms with van der Waals surface area (Å²) in [5, 5.41) is 0. The fourth-order valence-corrected chi connectivity index (χ4v) is 1.89. The Morgan fingerprint density at radius 2 is 1.67 bits per heavy atom. The predicted octanol–water partition coefficient (Wildman–Crippen LogP) is 4.41. The Hall–Kier alpha value is -1.56. The molecule has 0 aliphatic heterocycles. The summed E-state index contributed by atoms with van der Waals surface area (Å²) < 4.78 is 40.4. The molecule has 0 saturated carbocycles. The molecular weight excluding hydrogens is 311 g/mol. The van der Waals surface area contributed by atoms with E-state index in [1.54, 1.807) is 36.7 Å². The highest BCUT2D eigenvalue weighted by Crippen LogP contribution is 2.33. The van der Waals surface area contributed by atoms with Crippen LogP contribution >= 0.6 is 15.9 Å². The van der Waals surface area contributed by atoms with Crippen LogP contribution in [0.5, 0.6) is 5.75 Å². The molecular formula is C12H7BrF3NO. The van der Waals surface area contributed by atoms with Gasteiger partial charge in [-0.2, -0.15) is 0 Å². The van der Waals surface area contributed by atoms with Crippen LogP contribution in [0, 0.1) is 0 Å². The molecule has 1 heterocycles. The van der Waals surface area contributed by atoms with Crippen LogP contribution < -0.4 is 4.74 Å². The molecule has 1 aromatic carbocycles. The van der Waals surface area contributed by atoms with Crippen molar-refractivity contribution in [3.63, 3.8) is 0 Å². The van der Waals surface area contributed by atoms with Crippen LogP contribution in [-0.2, 0) is 0 Å². The third-order valence-electron chi connectivity index (χ3n) is 2.17. The number of halogens is 4. The normalized spacial score (nSPS) is 11.3. The van der Waals surface area contributed by atoms with Crippen molar-refractivity contribution in [3.05, 3.63) is 47.2 Å². The number of pyridine rings is 1. The average molecular weight is 318 g/mol. The number of alkyl halides is 3. The zero-order chi connectivity index (χ0) is 13.2. The van der Waals surface area contributed by atoms with E-state index in [1.807, 2.05) is 0 Å². The number of hydrogen-bond acceptors (Lipinski definition) is 2. The van der Waals surface area contributed by atoms with Gasteiger partial charge in [0.25, 0.3) is 0 Å². The predicted molar refractivity (Wildman–Crippen MR) is 64.1 cm³/mol. The van der Waals surface area contributed by atoms with Gasteiger partial charge in [0.15, 0.2) is 0 Å². The van der Waals surface area contributed by atoms with Gasteiger partial charge < -0.3 is 4.74 Å². The van der Waals surface area contributed by atoms with Gasteiger partial charge in [-0.15, -0.1) is 13.2 Å². The average Bonchev–Trinajstić information content (AvgIpc) is 2.31. The quantitative estimate of drug-likeness (QED) is 0.818. The highest BCUT2D eigenvalue weighted by atomic mass is 79.9. The molecule has 2 rings (SSSR count). The van der Waals surface area contributed by atoms with Crippen LogP contribution in [0.4, 0.5) is 13.2 Å². The first-order chi connectivity index (χ1) is 8.46. The third kappa shape index (κ3) is 3.22. The first-order valence-electron chi connectivity index (χ1n) is 4.91. The fraction of sp³-hybridized carbons (Fsp3) is 0.0833. The zero-order valence-corrected chi connectivity index (χ0v) is 10.5. The van der Waals surface area contributed by atoms with Crippen molar-refractivity contribution in [1.29, 1.82) is 0 Å². The van der Waals surface area contributed by atoms with Crippen molar-refractivity contribution in [2.24, 2.45) is 0 Å². The van der Waals surface area contributed by atoms with Gasteiger partial charge in [0.05, 0.1) is 4.47 Å². The maximum atomic E-state index is 12.1. The lowest BCUT2D eigenvalue weighted by molar-refractivity contribution is -0.274. The van der Waals surface area contributed by atoms with Crippen LogP contribution in [0.1, 0.15) is 0 Å². The van der Waals surface area contributed by atoms with Crippen molar-refractivity contribution in [2.45, 2.75) is 6.36 Å². The maximum Gasteiger partial charge on any atom is 0.573 e. The molecule has 0 amide bonds. The zero-order valence-electron chi connectivity index (χ0n) is 8.91. The summed E-state index contributed by atoms with van der Waals surface area (Å²) in [6.45, 7) is 0. The first kappa shape index (κ1) is 12.9. The van der Waals surface area contributed by atoms with Gasteiger partial charge in [0.2, 0.25) is 0 Å². The second-order valence-electron chi connectivity index (χ2n) is 3.43. The lowest BCUT2D eigenvalue weighted by Gasteiger charge is -2.11. The number of ether oxygens (including phenoxy) is 1. The number of aromatic nitrogens is 1. The highest BCUT2D eigenvalue weighted by Gasteiger charge is 2.31. The number of benzene rings is 1. The van der Waals surface area contributed by atoms with Crippen molar-refractivity contribution in [1.82, 2.24) is 4.98 Å². The highest BCUT2D eigenvalue weighted by molar-refractivity contribution is 9.10. The minimum absolute atomic E-state index is 0.245. The molecule has 94 valence electrons. The van der Waals surface area contributed by atoms with Gasteiger partial charge in [-0.3, -0.25) is 4.98 Å². The van der Waals surface area contributed by atoms with Crippen molar-refractivity contribution in [3.8, 4) is 16.9 Å². The van der Waals surface area contributed by atoms with Gasteiger partial charge in [0.1, 0.15) is 5.75 Å². The fourth-order valence-electron chi connectivity index (χ4n) is 1.43. The number of hydrogen-bond donors (Lipinski definition) is 0. The topological polar surface area (TPSA) is 22.1 Å². The standard InChI is InChI=1S/C12H7BrF3NO/c13-10-7-9(8-3-5-17-6-4-8)1-2-11(10)18-12(14,15)16/h1-7H. The van der Waals surface area contributed by atoms with Gasteiger partial charge >= 0.3 is 6.36 Å². The molecule has 0 fully saturated rings. The third-order valence-corrected chi connectivity index (χ3v) is 2.79. The monoisotopic (exact) mass is 317 g/mol. The summed E-state index contributed by atoms with van der Waals surface area (Å²) in [6, 6.07) is 7.93. The number of nitrogens with zero attached hydrogens (tertiary/aromatic N) is 1. The molecule has 6 heteroatoms. The summed E-state index contributed by atoms with van der Waals surface area (Å²) in [5.74, 6) is -0.264.